The Hall–Kier alpha value is -3.01. The summed E-state index contributed by atoms with van der Waals surface area (Å²) in [5, 5.41) is 15.1. The second-order valence-corrected chi connectivity index (χ2v) is 8.57. The molecule has 0 bridgehead atoms. The summed E-state index contributed by atoms with van der Waals surface area (Å²) in [7, 11) is 1.52. The molecule has 4 heterocycles. The van der Waals surface area contributed by atoms with Crippen LogP contribution in [0.3, 0.4) is 0 Å². The van der Waals surface area contributed by atoms with Crippen molar-refractivity contribution in [1.29, 1.82) is 0 Å². The highest BCUT2D eigenvalue weighted by Gasteiger charge is 2.28. The molecular weight excluding hydrogens is 441 g/mol. The number of rotatable bonds is 7. The van der Waals surface area contributed by atoms with E-state index in [1.165, 1.54) is 13.2 Å². The number of ether oxygens (including phenoxy) is 4. The van der Waals surface area contributed by atoms with Crippen molar-refractivity contribution in [1.82, 2.24) is 15.3 Å². The molecule has 0 spiro atoms. The van der Waals surface area contributed by atoms with Crippen molar-refractivity contribution < 1.29 is 28.4 Å². The van der Waals surface area contributed by atoms with Crippen molar-refractivity contribution in [3.63, 3.8) is 0 Å². The average Bonchev–Trinajstić information content (AvgIpc) is 2.89. The molecule has 2 aliphatic heterocycles. The lowest BCUT2D eigenvalue weighted by Gasteiger charge is -2.32. The first-order valence-electron chi connectivity index (χ1n) is 11.5. The second kappa shape index (κ2) is 10.1. The van der Waals surface area contributed by atoms with Gasteiger partial charge in [0.15, 0.2) is 11.5 Å². The van der Waals surface area contributed by atoms with Gasteiger partial charge in [0.1, 0.15) is 19.0 Å². The molecule has 1 saturated heterocycles. The molecule has 9 heteroatoms. The van der Waals surface area contributed by atoms with Crippen molar-refractivity contribution in [2.24, 2.45) is 0 Å². The van der Waals surface area contributed by atoms with Crippen LogP contribution in [0.4, 0.5) is 4.39 Å². The Labute approximate surface area is 197 Å². The number of hydrogen-bond donors (Lipinski definition) is 2. The molecule has 1 fully saturated rings. The van der Waals surface area contributed by atoms with Gasteiger partial charge in [0.2, 0.25) is 5.88 Å². The van der Waals surface area contributed by atoms with Gasteiger partial charge in [-0.15, -0.1) is 0 Å². The number of aliphatic hydroxyl groups is 1. The van der Waals surface area contributed by atoms with Crippen molar-refractivity contribution in [2.45, 2.75) is 44.1 Å². The van der Waals surface area contributed by atoms with Crippen LogP contribution < -0.4 is 19.5 Å². The van der Waals surface area contributed by atoms with Crippen LogP contribution >= 0.6 is 0 Å². The summed E-state index contributed by atoms with van der Waals surface area (Å²) in [6.45, 7) is 2.11. The van der Waals surface area contributed by atoms with E-state index in [0.29, 0.717) is 61.2 Å². The quantitative estimate of drug-likeness (QED) is 0.546. The molecule has 0 aliphatic carbocycles. The van der Waals surface area contributed by atoms with Crippen LogP contribution in [0.15, 0.2) is 36.5 Å². The average molecular weight is 470 g/mol. The molecule has 1 unspecified atom stereocenters. The number of hydrogen-bond acceptors (Lipinski definition) is 8. The Morgan fingerprint density at radius 2 is 2.00 bits per heavy atom. The largest absolute Gasteiger partial charge is 0.486 e. The molecule has 2 aromatic heterocycles. The third-order valence-corrected chi connectivity index (χ3v) is 6.31. The molecule has 8 nitrogen and oxygen atoms in total. The lowest BCUT2D eigenvalue weighted by Crippen LogP contribution is -2.44. The number of nitrogens with one attached hydrogen (secondary N) is 1. The highest BCUT2D eigenvalue weighted by molar-refractivity contribution is 5.82. The molecule has 2 aliphatic rings. The summed E-state index contributed by atoms with van der Waals surface area (Å²) in [5.74, 6) is 1.40. The van der Waals surface area contributed by atoms with E-state index in [2.05, 4.69) is 15.3 Å². The lowest BCUT2D eigenvalue weighted by molar-refractivity contribution is -0.0719. The topological polar surface area (TPSA) is 95.0 Å². The molecule has 5 rings (SSSR count). The summed E-state index contributed by atoms with van der Waals surface area (Å²) in [6, 6.07) is 8.68. The molecular formula is C25H28FN3O5. The van der Waals surface area contributed by atoms with E-state index in [0.717, 1.165) is 17.5 Å². The lowest BCUT2D eigenvalue weighted by atomic mass is 9.95. The molecule has 2 N–H and O–H groups in total. The Morgan fingerprint density at radius 3 is 2.79 bits per heavy atom. The number of halogens is 1. The van der Waals surface area contributed by atoms with E-state index in [4.69, 9.17) is 18.9 Å². The summed E-state index contributed by atoms with van der Waals surface area (Å²) in [4.78, 5) is 8.81. The van der Waals surface area contributed by atoms with E-state index in [1.807, 2.05) is 12.1 Å². The maximum absolute atomic E-state index is 14.6. The molecule has 180 valence electrons. The van der Waals surface area contributed by atoms with Crippen LogP contribution in [0.2, 0.25) is 0 Å². The minimum atomic E-state index is -0.839. The third-order valence-electron chi connectivity index (χ3n) is 6.31. The zero-order valence-electron chi connectivity index (χ0n) is 19.0. The minimum absolute atomic E-state index is 0.118. The van der Waals surface area contributed by atoms with Crippen molar-refractivity contribution in [3.05, 3.63) is 53.6 Å². The zero-order chi connectivity index (χ0) is 23.5. The summed E-state index contributed by atoms with van der Waals surface area (Å²) in [5.41, 5.74) is 1.74. The second-order valence-electron chi connectivity index (χ2n) is 8.57. The number of fused-ring (bicyclic) bond motifs is 2. The number of benzene rings is 1. The van der Waals surface area contributed by atoms with Crippen molar-refractivity contribution in [3.8, 4) is 17.4 Å². The third kappa shape index (κ3) is 4.91. The van der Waals surface area contributed by atoms with Gasteiger partial charge >= 0.3 is 0 Å². The predicted molar refractivity (Wildman–Crippen MR) is 123 cm³/mol. The van der Waals surface area contributed by atoms with Crippen LogP contribution in [-0.2, 0) is 17.7 Å². The Balaban J connectivity index is 1.16. The summed E-state index contributed by atoms with van der Waals surface area (Å²) < 4.78 is 36.9. The van der Waals surface area contributed by atoms with Crippen LogP contribution in [0.5, 0.6) is 17.4 Å². The maximum Gasteiger partial charge on any atom is 0.213 e. The van der Waals surface area contributed by atoms with Gasteiger partial charge in [-0.2, -0.15) is 0 Å². The fourth-order valence-electron chi connectivity index (χ4n) is 4.42. The first-order valence-corrected chi connectivity index (χ1v) is 11.5. The van der Waals surface area contributed by atoms with E-state index in [1.54, 1.807) is 18.3 Å². The van der Waals surface area contributed by atoms with Crippen LogP contribution in [0.25, 0.3) is 10.9 Å². The smallest absolute Gasteiger partial charge is 0.213 e. The first kappa shape index (κ1) is 22.8. The summed E-state index contributed by atoms with van der Waals surface area (Å²) >= 11 is 0. The molecule has 0 saturated carbocycles. The van der Waals surface area contributed by atoms with E-state index >= 15 is 0 Å². The van der Waals surface area contributed by atoms with Crippen LogP contribution in [0, 0.1) is 5.82 Å². The van der Waals surface area contributed by atoms with Gasteiger partial charge in [-0.05, 0) is 31.0 Å². The Kier molecular flexibility index (Phi) is 6.75. The van der Waals surface area contributed by atoms with E-state index < -0.39 is 11.9 Å². The SMILES string of the molecule is COc1ccc2ccc(F)c(CC(O)[C@@H]3CC[C@@H](NCc4cc5c(cn4)OCCO5)CO3)c2n1. The van der Waals surface area contributed by atoms with Gasteiger partial charge in [-0.25, -0.2) is 9.37 Å². The molecule has 3 atom stereocenters. The standard InChI is InChI=1S/C25H28FN3O5/c1-31-24-7-3-15-2-5-19(26)18(25(15)29-24)11-20(30)21-6-4-16(14-34-21)27-12-17-10-22-23(13-28-17)33-9-8-32-22/h2-3,5,7,10,13,16,20-21,27,30H,4,6,8-9,11-12,14H2,1H3/t16-,20?,21+/m1/s1. The number of methoxy groups -OCH3 is 1. The number of aliphatic hydroxyl groups excluding tert-OH is 1. The number of pyridine rings is 2. The van der Waals surface area contributed by atoms with Gasteiger partial charge in [0.05, 0.1) is 43.3 Å². The van der Waals surface area contributed by atoms with Crippen LogP contribution in [-0.4, -0.2) is 60.3 Å². The predicted octanol–water partition coefficient (Wildman–Crippen LogP) is 2.79. The molecule has 34 heavy (non-hydrogen) atoms. The highest BCUT2D eigenvalue weighted by Crippen LogP contribution is 2.30. The van der Waals surface area contributed by atoms with Crippen LogP contribution in [0.1, 0.15) is 24.1 Å². The summed E-state index contributed by atoms with van der Waals surface area (Å²) in [6.07, 6.45) is 2.09. The molecule has 1 aromatic carbocycles. The molecule has 0 amide bonds. The number of nitrogens with zero attached hydrogens (tertiary/aromatic N) is 2. The normalized spacial score (nSPS) is 20.8. The Morgan fingerprint density at radius 1 is 1.18 bits per heavy atom. The van der Waals surface area contributed by atoms with Crippen molar-refractivity contribution >= 4 is 10.9 Å². The molecule has 0 radical (unpaired) electrons. The van der Waals surface area contributed by atoms with Gasteiger partial charge in [0.25, 0.3) is 0 Å². The van der Waals surface area contributed by atoms with Gasteiger partial charge in [-0.3, -0.25) is 4.98 Å². The van der Waals surface area contributed by atoms with Gasteiger partial charge in [-0.1, -0.05) is 0 Å². The number of aromatic nitrogens is 2. The Bertz CT molecular complexity index is 1150. The maximum atomic E-state index is 14.6. The minimum Gasteiger partial charge on any atom is -0.486 e. The van der Waals surface area contributed by atoms with Crippen molar-refractivity contribution in [2.75, 3.05) is 26.9 Å². The first-order chi connectivity index (χ1) is 16.6. The van der Waals surface area contributed by atoms with Gasteiger partial charge in [0, 0.05) is 42.1 Å². The highest BCUT2D eigenvalue weighted by atomic mass is 19.1. The zero-order valence-corrected chi connectivity index (χ0v) is 19.0. The molecule has 3 aromatic rings. The fraction of sp³-hybridized carbons (Fsp3) is 0.440. The fourth-order valence-corrected chi connectivity index (χ4v) is 4.42. The van der Waals surface area contributed by atoms with E-state index in [-0.39, 0.29) is 18.6 Å². The monoisotopic (exact) mass is 469 g/mol. The van der Waals surface area contributed by atoms with Gasteiger partial charge < -0.3 is 29.4 Å². The van der Waals surface area contributed by atoms with E-state index in [9.17, 15) is 9.50 Å².